The van der Waals surface area contributed by atoms with Crippen LogP contribution in [-0.2, 0) is 14.3 Å². The standard InChI is InChI=1S/C18H17N3O5/c1-4-18-14(22)7-11(15(23)16(18)26-18)21-17-9-5-12(24-2)13(25-3)6-10(9)19-8-20-17/h5-8,16H,4H2,1-3H3,(H,19,20,21). The fourth-order valence-corrected chi connectivity index (χ4v) is 3.25. The second-order valence-corrected chi connectivity index (χ2v) is 6.10. The molecule has 0 bridgehead atoms. The van der Waals surface area contributed by atoms with Gasteiger partial charge in [-0.2, -0.15) is 0 Å². The van der Waals surface area contributed by atoms with Crippen LogP contribution in [0.25, 0.3) is 10.9 Å². The summed E-state index contributed by atoms with van der Waals surface area (Å²) < 4.78 is 16.0. The first-order valence-corrected chi connectivity index (χ1v) is 8.16. The molecule has 2 unspecified atom stereocenters. The van der Waals surface area contributed by atoms with E-state index in [-0.39, 0.29) is 17.3 Å². The maximum atomic E-state index is 12.5. The van der Waals surface area contributed by atoms with Crippen LogP contribution >= 0.6 is 0 Å². The van der Waals surface area contributed by atoms with Crippen LogP contribution in [0.1, 0.15) is 13.3 Å². The molecule has 0 radical (unpaired) electrons. The molecule has 8 nitrogen and oxygen atoms in total. The Bertz CT molecular complexity index is 971. The molecule has 0 saturated carbocycles. The van der Waals surface area contributed by atoms with Crippen molar-refractivity contribution in [1.29, 1.82) is 0 Å². The van der Waals surface area contributed by atoms with E-state index >= 15 is 0 Å². The number of Topliss-reactive ketones (excluding diaryl/α,β-unsaturated/α-hetero) is 1. The van der Waals surface area contributed by atoms with E-state index in [0.29, 0.717) is 34.6 Å². The molecule has 1 saturated heterocycles. The highest BCUT2D eigenvalue weighted by Crippen LogP contribution is 2.45. The molecule has 134 valence electrons. The van der Waals surface area contributed by atoms with Gasteiger partial charge >= 0.3 is 0 Å². The number of benzene rings is 1. The van der Waals surface area contributed by atoms with Gasteiger partial charge in [-0.1, -0.05) is 6.92 Å². The monoisotopic (exact) mass is 355 g/mol. The Hall–Kier alpha value is -3.00. The summed E-state index contributed by atoms with van der Waals surface area (Å²) in [6.07, 6.45) is 2.43. The first-order valence-electron chi connectivity index (χ1n) is 8.16. The lowest BCUT2D eigenvalue weighted by molar-refractivity contribution is -0.122. The summed E-state index contributed by atoms with van der Waals surface area (Å²) in [5, 5.41) is 3.59. The number of nitrogens with one attached hydrogen (secondary N) is 1. The van der Waals surface area contributed by atoms with E-state index < -0.39 is 11.7 Å². The number of hydrogen-bond acceptors (Lipinski definition) is 8. The number of epoxide rings is 1. The number of ketones is 2. The van der Waals surface area contributed by atoms with Gasteiger partial charge in [-0.3, -0.25) is 9.59 Å². The lowest BCUT2D eigenvalue weighted by atomic mass is 9.88. The number of methoxy groups -OCH3 is 2. The third-order valence-corrected chi connectivity index (χ3v) is 4.81. The van der Waals surface area contributed by atoms with Crippen LogP contribution in [0.4, 0.5) is 5.82 Å². The van der Waals surface area contributed by atoms with E-state index in [1.807, 2.05) is 6.92 Å². The van der Waals surface area contributed by atoms with E-state index in [9.17, 15) is 9.59 Å². The SMILES string of the molecule is CCC12OC1C(=O)C(Nc1ncnc3cc(OC)c(OC)cc13)=CC2=O. The number of carbonyl (C=O) groups is 2. The van der Waals surface area contributed by atoms with Gasteiger partial charge in [0.2, 0.25) is 5.78 Å². The number of carbonyl (C=O) groups excluding carboxylic acids is 2. The highest BCUT2D eigenvalue weighted by Gasteiger charge is 2.66. The minimum absolute atomic E-state index is 0.163. The van der Waals surface area contributed by atoms with Crippen LogP contribution in [0.2, 0.25) is 0 Å². The molecule has 1 aliphatic heterocycles. The first-order chi connectivity index (χ1) is 12.5. The molecule has 1 aromatic carbocycles. The molecule has 26 heavy (non-hydrogen) atoms. The fraction of sp³-hybridized carbons (Fsp3) is 0.333. The maximum Gasteiger partial charge on any atom is 0.211 e. The van der Waals surface area contributed by atoms with Crippen LogP contribution in [0, 0.1) is 0 Å². The zero-order valence-electron chi connectivity index (χ0n) is 14.5. The highest BCUT2D eigenvalue weighted by molar-refractivity contribution is 6.19. The number of nitrogens with zero attached hydrogens (tertiary/aromatic N) is 2. The van der Waals surface area contributed by atoms with Crippen molar-refractivity contribution in [3.8, 4) is 11.5 Å². The minimum atomic E-state index is -0.966. The Morgan fingerprint density at radius 2 is 1.92 bits per heavy atom. The van der Waals surface area contributed by atoms with Gasteiger partial charge in [0, 0.05) is 17.5 Å². The summed E-state index contributed by atoms with van der Waals surface area (Å²) >= 11 is 0. The number of rotatable bonds is 5. The molecule has 1 aliphatic carbocycles. The molecule has 1 N–H and O–H groups in total. The van der Waals surface area contributed by atoms with Crippen molar-refractivity contribution in [1.82, 2.24) is 9.97 Å². The summed E-state index contributed by atoms with van der Waals surface area (Å²) in [6, 6.07) is 3.44. The second kappa shape index (κ2) is 5.77. The van der Waals surface area contributed by atoms with Crippen LogP contribution in [-0.4, -0.2) is 47.5 Å². The summed E-state index contributed by atoms with van der Waals surface area (Å²) in [5.41, 5.74) is -0.190. The molecule has 4 rings (SSSR count). The van der Waals surface area contributed by atoms with Gasteiger partial charge in [-0.25, -0.2) is 9.97 Å². The van der Waals surface area contributed by atoms with Gasteiger partial charge in [-0.15, -0.1) is 0 Å². The molecule has 1 fully saturated rings. The van der Waals surface area contributed by atoms with Crippen LogP contribution in [0.5, 0.6) is 11.5 Å². The molecular weight excluding hydrogens is 338 g/mol. The number of hydrogen-bond donors (Lipinski definition) is 1. The van der Waals surface area contributed by atoms with Gasteiger partial charge in [0.05, 0.1) is 25.4 Å². The van der Waals surface area contributed by atoms with Gasteiger partial charge < -0.3 is 19.5 Å². The van der Waals surface area contributed by atoms with Gasteiger partial charge in [0.1, 0.15) is 12.1 Å². The Balaban J connectivity index is 1.74. The van der Waals surface area contributed by atoms with Crippen molar-refractivity contribution in [2.75, 3.05) is 19.5 Å². The van der Waals surface area contributed by atoms with E-state index in [1.54, 1.807) is 12.1 Å². The van der Waals surface area contributed by atoms with Crippen molar-refractivity contribution < 1.29 is 23.8 Å². The van der Waals surface area contributed by atoms with Crippen LogP contribution in [0.15, 0.2) is 30.2 Å². The second-order valence-electron chi connectivity index (χ2n) is 6.10. The molecular formula is C18H17N3O5. The van der Waals surface area contributed by atoms with Gasteiger partial charge in [-0.05, 0) is 12.5 Å². The maximum absolute atomic E-state index is 12.5. The summed E-state index contributed by atoms with van der Waals surface area (Å²) in [4.78, 5) is 33.3. The van der Waals surface area contributed by atoms with Gasteiger partial charge in [0.25, 0.3) is 0 Å². The van der Waals surface area contributed by atoms with E-state index in [2.05, 4.69) is 15.3 Å². The zero-order chi connectivity index (χ0) is 18.5. The van der Waals surface area contributed by atoms with Crippen molar-refractivity contribution >= 4 is 28.3 Å². The Morgan fingerprint density at radius 3 is 2.62 bits per heavy atom. The molecule has 8 heteroatoms. The summed E-state index contributed by atoms with van der Waals surface area (Å²) in [6.45, 7) is 1.83. The van der Waals surface area contributed by atoms with Crippen molar-refractivity contribution in [2.24, 2.45) is 0 Å². The largest absolute Gasteiger partial charge is 0.493 e. The number of aromatic nitrogens is 2. The lowest BCUT2D eigenvalue weighted by Crippen LogP contribution is -2.36. The lowest BCUT2D eigenvalue weighted by Gasteiger charge is -2.16. The molecule has 2 aromatic rings. The topological polar surface area (TPSA) is 103 Å². The Morgan fingerprint density at radius 1 is 1.19 bits per heavy atom. The van der Waals surface area contributed by atoms with E-state index in [4.69, 9.17) is 14.2 Å². The summed E-state index contributed by atoms with van der Waals surface area (Å²) in [5.74, 6) is 0.983. The zero-order valence-corrected chi connectivity index (χ0v) is 14.5. The first kappa shape index (κ1) is 16.5. The van der Waals surface area contributed by atoms with Crippen molar-refractivity contribution in [3.63, 3.8) is 0 Å². The predicted octanol–water partition coefficient (Wildman–Crippen LogP) is 1.64. The van der Waals surface area contributed by atoms with Crippen LogP contribution < -0.4 is 14.8 Å². The van der Waals surface area contributed by atoms with Crippen molar-refractivity contribution in [2.45, 2.75) is 25.0 Å². The average molecular weight is 355 g/mol. The Kier molecular flexibility index (Phi) is 3.66. The van der Waals surface area contributed by atoms with E-state index in [0.717, 1.165) is 0 Å². The number of ether oxygens (including phenoxy) is 3. The Labute approximate surface area is 149 Å². The molecule has 2 heterocycles. The molecule has 0 spiro atoms. The van der Waals surface area contributed by atoms with Crippen LogP contribution in [0.3, 0.4) is 0 Å². The normalized spacial score (nSPS) is 24.1. The predicted molar refractivity (Wildman–Crippen MR) is 92.3 cm³/mol. The van der Waals surface area contributed by atoms with Crippen molar-refractivity contribution in [3.05, 3.63) is 30.2 Å². The summed E-state index contributed by atoms with van der Waals surface area (Å²) in [7, 11) is 3.07. The molecule has 2 aliphatic rings. The number of fused-ring (bicyclic) bond motifs is 2. The molecule has 2 atom stereocenters. The third-order valence-electron chi connectivity index (χ3n) is 4.81. The minimum Gasteiger partial charge on any atom is -0.493 e. The molecule has 0 amide bonds. The molecule has 1 aromatic heterocycles. The number of anilines is 1. The fourth-order valence-electron chi connectivity index (χ4n) is 3.25. The smallest absolute Gasteiger partial charge is 0.211 e. The van der Waals surface area contributed by atoms with E-state index in [1.165, 1.54) is 26.6 Å². The van der Waals surface area contributed by atoms with Gasteiger partial charge in [0.15, 0.2) is 29.0 Å². The highest BCUT2D eigenvalue weighted by atomic mass is 16.6. The average Bonchev–Trinajstić information content (AvgIpc) is 3.42. The quantitative estimate of drug-likeness (QED) is 0.808. The third kappa shape index (κ3) is 2.26.